The number of thioether (sulfide) groups is 1. The number of anilines is 2. The third kappa shape index (κ3) is 8.65. The summed E-state index contributed by atoms with van der Waals surface area (Å²) in [5, 5.41) is 14.0. The van der Waals surface area contributed by atoms with Crippen LogP contribution in [0.15, 0.2) is 60.7 Å². The van der Waals surface area contributed by atoms with Gasteiger partial charge in [0.05, 0.1) is 16.6 Å². The van der Waals surface area contributed by atoms with Gasteiger partial charge in [0.25, 0.3) is 11.1 Å². The number of hydrogen-bond acceptors (Lipinski definition) is 9. The first kappa shape index (κ1) is 31.2. The normalized spacial score (nSPS) is 14.6. The van der Waals surface area contributed by atoms with Crippen molar-refractivity contribution >= 4 is 46.3 Å². The van der Waals surface area contributed by atoms with Crippen LogP contribution < -0.4 is 25.0 Å². The predicted octanol–water partition coefficient (Wildman–Crippen LogP) is 5.78. The van der Waals surface area contributed by atoms with Crippen LogP contribution in [-0.4, -0.2) is 52.8 Å². The quantitative estimate of drug-likeness (QED) is 0.276. The standard InChI is InChI=1S/C31H33N3O8S/c1-18-14-21(11-13-25(18)35)41-22-10-12-23(24(16-22)34(5)30(39)42-31(2,3)4)32-27(36)17-40-20-8-6-19(7-9-20)15-26-28(37)33-29(38)43-26/h6-14,16,26,35H,15,17H2,1-5H3,(H,32,36)(H,33,37,38). The van der Waals surface area contributed by atoms with Crippen molar-refractivity contribution in [3.05, 3.63) is 71.8 Å². The molecule has 226 valence electrons. The Morgan fingerprint density at radius 2 is 1.65 bits per heavy atom. The molecule has 0 spiro atoms. The fourth-order valence-electron chi connectivity index (χ4n) is 4.01. The van der Waals surface area contributed by atoms with E-state index in [1.807, 2.05) is 0 Å². The van der Waals surface area contributed by atoms with Crippen molar-refractivity contribution in [3.63, 3.8) is 0 Å². The number of nitrogens with zero attached hydrogens (tertiary/aromatic N) is 1. The molecule has 4 amide bonds. The molecule has 1 fully saturated rings. The molecule has 1 aliphatic rings. The molecular weight excluding hydrogens is 574 g/mol. The molecule has 0 aromatic heterocycles. The Bertz CT molecular complexity index is 1530. The van der Waals surface area contributed by atoms with Gasteiger partial charge in [-0.05, 0) is 87.7 Å². The van der Waals surface area contributed by atoms with Crippen LogP contribution in [-0.2, 0) is 20.7 Å². The van der Waals surface area contributed by atoms with Crippen molar-refractivity contribution in [3.8, 4) is 23.0 Å². The third-order valence-electron chi connectivity index (χ3n) is 6.16. The zero-order chi connectivity index (χ0) is 31.3. The second kappa shape index (κ2) is 13.1. The molecule has 0 saturated carbocycles. The van der Waals surface area contributed by atoms with Gasteiger partial charge in [0.15, 0.2) is 6.61 Å². The monoisotopic (exact) mass is 607 g/mol. The topological polar surface area (TPSA) is 144 Å². The molecule has 1 aliphatic heterocycles. The first-order valence-corrected chi connectivity index (χ1v) is 14.3. The minimum Gasteiger partial charge on any atom is -0.508 e. The van der Waals surface area contributed by atoms with E-state index in [1.165, 1.54) is 18.0 Å². The summed E-state index contributed by atoms with van der Waals surface area (Å²) >= 11 is 0.964. The van der Waals surface area contributed by atoms with Gasteiger partial charge in [-0.2, -0.15) is 0 Å². The maximum Gasteiger partial charge on any atom is 0.414 e. The summed E-state index contributed by atoms with van der Waals surface area (Å²) in [6.07, 6.45) is -0.238. The van der Waals surface area contributed by atoms with Crippen LogP contribution in [0.2, 0.25) is 0 Å². The minimum absolute atomic E-state index is 0.142. The summed E-state index contributed by atoms with van der Waals surface area (Å²) in [6, 6.07) is 16.6. The van der Waals surface area contributed by atoms with Gasteiger partial charge in [0, 0.05) is 13.1 Å². The van der Waals surface area contributed by atoms with Crippen molar-refractivity contribution in [2.24, 2.45) is 0 Å². The number of amides is 4. The Kier molecular flexibility index (Phi) is 9.50. The Labute approximate surface area is 253 Å². The Morgan fingerprint density at radius 1 is 1.00 bits per heavy atom. The van der Waals surface area contributed by atoms with Crippen molar-refractivity contribution in [1.29, 1.82) is 0 Å². The number of hydrogen-bond donors (Lipinski definition) is 3. The number of carbonyl (C=O) groups is 4. The molecule has 12 heteroatoms. The van der Waals surface area contributed by atoms with Gasteiger partial charge in [-0.15, -0.1) is 0 Å². The maximum absolute atomic E-state index is 12.9. The van der Waals surface area contributed by atoms with Crippen LogP contribution in [0.3, 0.4) is 0 Å². The lowest BCUT2D eigenvalue weighted by atomic mass is 10.1. The summed E-state index contributed by atoms with van der Waals surface area (Å²) in [4.78, 5) is 50.2. The van der Waals surface area contributed by atoms with Gasteiger partial charge >= 0.3 is 6.09 Å². The molecule has 1 unspecified atom stereocenters. The lowest BCUT2D eigenvalue weighted by Crippen LogP contribution is -2.34. The van der Waals surface area contributed by atoms with E-state index >= 15 is 0 Å². The molecule has 4 rings (SSSR count). The number of phenolic OH excluding ortho intramolecular Hbond substituents is 1. The van der Waals surface area contributed by atoms with E-state index in [0.717, 1.165) is 17.3 Å². The van der Waals surface area contributed by atoms with Gasteiger partial charge in [-0.1, -0.05) is 23.9 Å². The fourth-order valence-corrected chi connectivity index (χ4v) is 4.87. The van der Waals surface area contributed by atoms with Gasteiger partial charge in [0.2, 0.25) is 5.91 Å². The van der Waals surface area contributed by atoms with Crippen molar-refractivity contribution in [1.82, 2.24) is 5.32 Å². The van der Waals surface area contributed by atoms with Gasteiger partial charge in [-0.25, -0.2) is 4.79 Å². The van der Waals surface area contributed by atoms with E-state index in [1.54, 1.807) is 82.3 Å². The van der Waals surface area contributed by atoms with Crippen LogP contribution in [0.5, 0.6) is 23.0 Å². The Morgan fingerprint density at radius 3 is 2.28 bits per heavy atom. The number of imide groups is 1. The summed E-state index contributed by atoms with van der Waals surface area (Å²) in [5.41, 5.74) is 1.40. The molecule has 3 aromatic carbocycles. The number of nitrogens with one attached hydrogen (secondary N) is 2. The highest BCUT2D eigenvalue weighted by Gasteiger charge is 2.31. The van der Waals surface area contributed by atoms with Crippen LogP contribution >= 0.6 is 11.8 Å². The average molecular weight is 608 g/mol. The van der Waals surface area contributed by atoms with Gasteiger partial charge < -0.3 is 24.6 Å². The van der Waals surface area contributed by atoms with Gasteiger partial charge in [0.1, 0.15) is 28.6 Å². The molecule has 43 heavy (non-hydrogen) atoms. The molecule has 3 N–H and O–H groups in total. The number of aromatic hydroxyl groups is 1. The second-order valence-corrected chi connectivity index (χ2v) is 12.0. The first-order chi connectivity index (χ1) is 20.3. The highest BCUT2D eigenvalue weighted by molar-refractivity contribution is 8.15. The molecule has 1 saturated heterocycles. The molecule has 0 radical (unpaired) electrons. The SMILES string of the molecule is Cc1cc(Oc2ccc(NC(=O)COc3ccc(CC4SC(=O)NC4=O)cc3)c(N(C)C(=O)OC(C)(C)C)c2)ccc1O. The highest BCUT2D eigenvalue weighted by Crippen LogP contribution is 2.34. The Balaban J connectivity index is 1.44. The number of aryl methyl sites for hydroxylation is 1. The molecule has 11 nitrogen and oxygen atoms in total. The summed E-state index contributed by atoms with van der Waals surface area (Å²) in [7, 11) is 1.52. The van der Waals surface area contributed by atoms with Crippen molar-refractivity contribution in [2.75, 3.05) is 23.9 Å². The number of benzene rings is 3. The predicted molar refractivity (Wildman–Crippen MR) is 163 cm³/mol. The van der Waals surface area contributed by atoms with Gasteiger partial charge in [-0.3, -0.25) is 24.6 Å². The van der Waals surface area contributed by atoms with E-state index in [0.29, 0.717) is 40.6 Å². The van der Waals surface area contributed by atoms with E-state index in [4.69, 9.17) is 14.2 Å². The van der Waals surface area contributed by atoms with E-state index in [2.05, 4.69) is 10.6 Å². The highest BCUT2D eigenvalue weighted by atomic mass is 32.2. The lowest BCUT2D eigenvalue weighted by Gasteiger charge is -2.26. The zero-order valence-corrected chi connectivity index (χ0v) is 25.2. The smallest absolute Gasteiger partial charge is 0.414 e. The van der Waals surface area contributed by atoms with Crippen LogP contribution in [0.1, 0.15) is 31.9 Å². The first-order valence-electron chi connectivity index (χ1n) is 13.4. The molecule has 1 heterocycles. The molecule has 0 aliphatic carbocycles. The second-order valence-electron chi connectivity index (χ2n) is 10.8. The van der Waals surface area contributed by atoms with Crippen LogP contribution in [0.4, 0.5) is 21.0 Å². The number of phenols is 1. The summed E-state index contributed by atoms with van der Waals surface area (Å²) in [5.74, 6) is 0.683. The lowest BCUT2D eigenvalue weighted by molar-refractivity contribution is -0.119. The molecule has 3 aromatic rings. The molecule has 0 bridgehead atoms. The van der Waals surface area contributed by atoms with Crippen LogP contribution in [0, 0.1) is 6.92 Å². The van der Waals surface area contributed by atoms with Crippen LogP contribution in [0.25, 0.3) is 0 Å². The third-order valence-corrected chi connectivity index (χ3v) is 7.14. The van der Waals surface area contributed by atoms with E-state index in [-0.39, 0.29) is 23.5 Å². The minimum atomic E-state index is -0.740. The maximum atomic E-state index is 12.9. The summed E-state index contributed by atoms with van der Waals surface area (Å²) < 4.78 is 17.1. The number of ether oxygens (including phenoxy) is 3. The van der Waals surface area contributed by atoms with Crippen molar-refractivity contribution < 1.29 is 38.5 Å². The van der Waals surface area contributed by atoms with E-state index < -0.39 is 22.9 Å². The fraction of sp³-hybridized carbons (Fsp3) is 0.290. The Hall–Kier alpha value is -4.71. The van der Waals surface area contributed by atoms with E-state index in [9.17, 15) is 24.3 Å². The average Bonchev–Trinajstić information content (AvgIpc) is 3.25. The number of rotatable bonds is 9. The zero-order valence-electron chi connectivity index (χ0n) is 24.4. The largest absolute Gasteiger partial charge is 0.508 e. The molecular formula is C31H33N3O8S. The summed E-state index contributed by atoms with van der Waals surface area (Å²) in [6.45, 7) is 6.70. The number of carbonyl (C=O) groups excluding carboxylic acids is 4. The molecule has 1 atom stereocenters. The van der Waals surface area contributed by atoms with Crippen molar-refractivity contribution in [2.45, 2.75) is 45.0 Å².